The van der Waals surface area contributed by atoms with Gasteiger partial charge in [0.15, 0.2) is 10.8 Å². The molecule has 392 valence electrons. The second kappa shape index (κ2) is 20.5. The van der Waals surface area contributed by atoms with E-state index in [0.717, 1.165) is 74.6 Å². The van der Waals surface area contributed by atoms with Gasteiger partial charge in [0.25, 0.3) is 5.91 Å². The van der Waals surface area contributed by atoms with E-state index in [1.165, 1.54) is 11.3 Å². The number of hydrogen-bond donors (Lipinski definition) is 4. The van der Waals surface area contributed by atoms with Gasteiger partial charge in [-0.1, -0.05) is 80.6 Å². The minimum absolute atomic E-state index is 0.0142. The third-order valence-electron chi connectivity index (χ3n) is 15.5. The standard InChI is InChI=1S/C58H61N9O8S/c1-32-37(50-42(58(2,3)4)29-47(61-52(50)56(72)73)66-24-23-33-11-8-13-38(41(33)30-66)54(70)63-57-60-43-15-6-7-18-46(43)76-57)12-10-17-45(32)75-26-25-74-36-27-34-19-20-35(28-36)67(34)31-49(69)59-44-16-9-14-39-51(64-65(5)53(39)44)40-21-22-48(68)62-55(40)71/h6-18,29,34-36,40H,19-28,30-31H2,1-5H3,(H,59,69)(H,72,73)(H,60,63,70)(H,62,68,71)/t34-,35+,36?,40?. The van der Waals surface area contributed by atoms with Gasteiger partial charge >= 0.3 is 5.97 Å². The fourth-order valence-corrected chi connectivity index (χ4v) is 12.7. The van der Waals surface area contributed by atoms with Gasteiger partial charge in [0.05, 0.1) is 52.3 Å². The number of thiazole rings is 1. The van der Waals surface area contributed by atoms with Crippen molar-refractivity contribution in [1.82, 2.24) is 30.0 Å². The Hall–Kier alpha value is -7.54. The van der Waals surface area contributed by atoms with Crippen LogP contribution in [0.25, 0.3) is 32.2 Å². The van der Waals surface area contributed by atoms with E-state index in [2.05, 4.69) is 56.6 Å². The van der Waals surface area contributed by atoms with Crippen LogP contribution in [-0.2, 0) is 44.5 Å². The van der Waals surface area contributed by atoms with E-state index < -0.39 is 17.3 Å². The third kappa shape index (κ3) is 9.92. The summed E-state index contributed by atoms with van der Waals surface area (Å²) in [5.74, 6) is -1.53. The van der Waals surface area contributed by atoms with Crippen LogP contribution in [0.5, 0.6) is 5.75 Å². The molecule has 0 radical (unpaired) electrons. The van der Waals surface area contributed by atoms with Crippen LogP contribution < -0.4 is 25.6 Å². The molecule has 18 heteroatoms. The molecule has 7 aromatic rings. The van der Waals surface area contributed by atoms with E-state index in [-0.39, 0.29) is 60.5 Å². The number of carboxylic acid groups (broad SMARTS) is 1. The van der Waals surface area contributed by atoms with Crippen molar-refractivity contribution in [2.75, 3.05) is 41.8 Å². The lowest BCUT2D eigenvalue weighted by Gasteiger charge is -2.38. The quantitative estimate of drug-likeness (QED) is 0.0593. The van der Waals surface area contributed by atoms with Crippen LogP contribution in [0.15, 0.2) is 84.9 Å². The molecule has 4 aliphatic heterocycles. The molecule has 0 spiro atoms. The van der Waals surface area contributed by atoms with Gasteiger partial charge in [0.1, 0.15) is 18.2 Å². The number of rotatable bonds is 14. The first-order valence-electron chi connectivity index (χ1n) is 26.1. The molecule has 3 aromatic heterocycles. The highest BCUT2D eigenvalue weighted by molar-refractivity contribution is 7.22. The lowest BCUT2D eigenvalue weighted by molar-refractivity contribution is -0.134. The molecule has 76 heavy (non-hydrogen) atoms. The van der Waals surface area contributed by atoms with Crippen molar-refractivity contribution in [1.29, 1.82) is 0 Å². The average Bonchev–Trinajstić information content (AvgIpc) is 4.04. The molecule has 0 saturated carbocycles. The van der Waals surface area contributed by atoms with Gasteiger partial charge in [-0.05, 0) is 115 Å². The number of carboxylic acids is 1. The highest BCUT2D eigenvalue weighted by Gasteiger charge is 2.42. The minimum Gasteiger partial charge on any atom is -0.491 e. The Morgan fingerprint density at radius 1 is 0.895 bits per heavy atom. The number of fused-ring (bicyclic) bond motifs is 5. The summed E-state index contributed by atoms with van der Waals surface area (Å²) < 4.78 is 15.5. The van der Waals surface area contributed by atoms with Crippen LogP contribution in [0.4, 0.5) is 16.6 Å². The first-order valence-corrected chi connectivity index (χ1v) is 26.9. The Labute approximate surface area is 444 Å². The van der Waals surface area contributed by atoms with Gasteiger partial charge < -0.3 is 24.8 Å². The number of carbonyl (C=O) groups excluding carboxylic acids is 4. The molecular weight excluding hydrogens is 983 g/mol. The Bertz CT molecular complexity index is 3430. The molecule has 7 heterocycles. The SMILES string of the molecule is Cc1c(OCCOC2C[C@H]3CC[C@@H](C2)N3CC(=O)Nc2cccc3c(C4CCC(=O)NC4=O)nn(C)c23)cccc1-c1c(C(C)(C)C)cc(N2CCc3cccc(C(=O)Nc4nc5ccccc5s4)c3C2)nc1C(=O)O. The predicted octanol–water partition coefficient (Wildman–Crippen LogP) is 8.91. The molecule has 3 fully saturated rings. The maximum Gasteiger partial charge on any atom is 0.355 e. The molecule has 4 N–H and O–H groups in total. The lowest BCUT2D eigenvalue weighted by atomic mass is 9.80. The number of imide groups is 1. The van der Waals surface area contributed by atoms with Crippen LogP contribution in [0.1, 0.15) is 114 Å². The maximum atomic E-state index is 13.8. The number of piperidine rings is 2. The molecule has 17 nitrogen and oxygen atoms in total. The molecule has 4 amide bonds. The van der Waals surface area contributed by atoms with E-state index in [9.17, 15) is 29.1 Å². The molecule has 2 bridgehead atoms. The zero-order chi connectivity index (χ0) is 53.0. The first-order chi connectivity index (χ1) is 36.6. The van der Waals surface area contributed by atoms with Gasteiger partial charge in [-0.15, -0.1) is 0 Å². The summed E-state index contributed by atoms with van der Waals surface area (Å²) in [7, 11) is 1.79. The van der Waals surface area contributed by atoms with Gasteiger partial charge in [-0.25, -0.2) is 14.8 Å². The van der Waals surface area contributed by atoms with Crippen molar-refractivity contribution < 1.29 is 38.6 Å². The van der Waals surface area contributed by atoms with Crippen LogP contribution in [-0.4, -0.2) is 104 Å². The van der Waals surface area contributed by atoms with Gasteiger partial charge in [0, 0.05) is 55.2 Å². The monoisotopic (exact) mass is 1040 g/mol. The van der Waals surface area contributed by atoms with E-state index in [0.29, 0.717) is 78.4 Å². The molecule has 0 aliphatic carbocycles. The summed E-state index contributed by atoms with van der Waals surface area (Å²) in [6.07, 6.45) is 4.87. The number of aromatic nitrogens is 4. The smallest absolute Gasteiger partial charge is 0.355 e. The van der Waals surface area contributed by atoms with Crippen molar-refractivity contribution in [3.05, 3.63) is 124 Å². The normalized spacial score (nSPS) is 19.7. The number of anilines is 3. The summed E-state index contributed by atoms with van der Waals surface area (Å²) in [5.41, 5.74) is 7.60. The van der Waals surface area contributed by atoms with Crippen molar-refractivity contribution in [2.45, 2.75) is 109 Å². The van der Waals surface area contributed by atoms with E-state index in [4.69, 9.17) is 14.5 Å². The lowest BCUT2D eigenvalue weighted by Crippen LogP contribution is -2.48. The van der Waals surface area contributed by atoms with Crippen molar-refractivity contribution >= 4 is 78.7 Å². The number of nitrogens with one attached hydrogen (secondary N) is 3. The number of aryl methyl sites for hydroxylation is 1. The second-order valence-corrected chi connectivity index (χ2v) is 22.5. The summed E-state index contributed by atoms with van der Waals surface area (Å²) in [5, 5.41) is 25.4. The second-order valence-electron chi connectivity index (χ2n) is 21.4. The number of aromatic carboxylic acids is 1. The number of amides is 4. The van der Waals surface area contributed by atoms with Gasteiger partial charge in [-0.3, -0.25) is 39.4 Å². The van der Waals surface area contributed by atoms with Crippen LogP contribution in [0.2, 0.25) is 0 Å². The fourth-order valence-electron chi connectivity index (χ4n) is 11.9. The van der Waals surface area contributed by atoms with Gasteiger partial charge in [-0.2, -0.15) is 5.10 Å². The van der Waals surface area contributed by atoms with Crippen molar-refractivity contribution in [3.63, 3.8) is 0 Å². The number of pyridine rings is 1. The zero-order valence-electron chi connectivity index (χ0n) is 43.3. The number of para-hydroxylation sites is 2. The molecule has 2 unspecified atom stereocenters. The zero-order valence-corrected chi connectivity index (χ0v) is 44.1. The van der Waals surface area contributed by atoms with E-state index >= 15 is 0 Å². The largest absolute Gasteiger partial charge is 0.491 e. The van der Waals surface area contributed by atoms with Crippen LogP contribution >= 0.6 is 11.3 Å². The first kappa shape index (κ1) is 50.6. The molecule has 3 saturated heterocycles. The summed E-state index contributed by atoms with van der Waals surface area (Å²) >= 11 is 1.43. The number of benzene rings is 4. The van der Waals surface area contributed by atoms with Crippen LogP contribution in [0.3, 0.4) is 0 Å². The summed E-state index contributed by atoms with van der Waals surface area (Å²) in [6, 6.07) is 27.2. The summed E-state index contributed by atoms with van der Waals surface area (Å²) in [4.78, 5) is 79.2. The molecule has 4 atom stereocenters. The third-order valence-corrected chi connectivity index (χ3v) is 16.5. The molecule has 11 rings (SSSR count). The van der Waals surface area contributed by atoms with Gasteiger partial charge in [0.2, 0.25) is 17.7 Å². The van der Waals surface area contributed by atoms with Crippen molar-refractivity contribution in [3.8, 4) is 16.9 Å². The topological polar surface area (TPSA) is 210 Å². The Morgan fingerprint density at radius 2 is 1.67 bits per heavy atom. The minimum atomic E-state index is -1.14. The Morgan fingerprint density at radius 3 is 2.43 bits per heavy atom. The van der Waals surface area contributed by atoms with Crippen LogP contribution in [0, 0.1) is 6.92 Å². The molecule has 4 aliphatic rings. The predicted molar refractivity (Wildman–Crippen MR) is 291 cm³/mol. The Kier molecular flexibility index (Phi) is 13.7. The fraction of sp³-hybridized carbons (Fsp3) is 0.379. The summed E-state index contributed by atoms with van der Waals surface area (Å²) in [6.45, 7) is 10.0. The number of ether oxygens (including phenoxy) is 2. The number of nitrogens with zero attached hydrogens (tertiary/aromatic N) is 6. The molecule has 4 aromatic carbocycles. The number of carbonyl (C=O) groups is 5. The van der Waals surface area contributed by atoms with Crippen molar-refractivity contribution in [2.24, 2.45) is 7.05 Å². The highest BCUT2D eigenvalue weighted by atomic mass is 32.1. The molecular formula is C58H61N9O8S. The number of hydrogen-bond acceptors (Lipinski definition) is 13. The van der Waals surface area contributed by atoms with E-state index in [1.807, 2.05) is 91.9 Å². The average molecular weight is 1040 g/mol. The van der Waals surface area contributed by atoms with E-state index in [1.54, 1.807) is 11.7 Å². The highest BCUT2D eigenvalue weighted by Crippen LogP contribution is 2.43. The maximum absolute atomic E-state index is 13.8. The Balaban J connectivity index is 0.733.